The number of carbonyl (C=O) groups excluding carboxylic acids is 1. The summed E-state index contributed by atoms with van der Waals surface area (Å²) in [6.07, 6.45) is 0. The highest BCUT2D eigenvalue weighted by atomic mass is 32.2. The molecule has 6 nitrogen and oxygen atoms in total. The van der Waals surface area contributed by atoms with Crippen LogP contribution < -0.4 is 5.32 Å². The van der Waals surface area contributed by atoms with Gasteiger partial charge in [0.15, 0.2) is 15.1 Å². The van der Waals surface area contributed by atoms with Gasteiger partial charge < -0.3 is 10.4 Å². The lowest BCUT2D eigenvalue weighted by Gasteiger charge is -2.24. The van der Waals surface area contributed by atoms with Crippen molar-refractivity contribution in [3.05, 3.63) is 0 Å². The Morgan fingerprint density at radius 1 is 1.12 bits per heavy atom. The molecule has 0 aromatic heterocycles. The molecule has 0 bridgehead atoms. The number of nitrogens with one attached hydrogen (secondary N) is 1. The Morgan fingerprint density at radius 2 is 1.53 bits per heavy atom. The fourth-order valence-corrected chi connectivity index (χ4v) is 2.32. The molecule has 7 heteroatoms. The molecule has 2 unspecified atom stereocenters. The number of hydrogen-bond donors (Lipinski definition) is 2. The molecule has 0 rings (SSSR count). The zero-order valence-electron chi connectivity index (χ0n) is 10.6. The van der Waals surface area contributed by atoms with Crippen LogP contribution in [0.3, 0.4) is 0 Å². The molecule has 100 valence electrons. The van der Waals surface area contributed by atoms with E-state index in [9.17, 15) is 18.0 Å². The van der Waals surface area contributed by atoms with Gasteiger partial charge in [0.1, 0.15) is 5.25 Å². The van der Waals surface area contributed by atoms with Crippen LogP contribution in [-0.4, -0.2) is 41.4 Å². The minimum Gasteiger partial charge on any atom is -0.480 e. The summed E-state index contributed by atoms with van der Waals surface area (Å²) < 4.78 is 23.5. The number of sulfone groups is 1. The summed E-state index contributed by atoms with van der Waals surface area (Å²) in [5.41, 5.74) is -0.562. The second-order valence-electron chi connectivity index (χ2n) is 4.95. The lowest BCUT2D eigenvalue weighted by molar-refractivity contribution is -0.136. The molecule has 0 spiro atoms. The van der Waals surface area contributed by atoms with Crippen molar-refractivity contribution in [3.63, 3.8) is 0 Å². The SMILES string of the molecule is CC(C(=O)O)S(=O)(=O)C(C)C(=O)NC(C)(C)C. The Labute approximate surface area is 101 Å². The third-order valence-corrected chi connectivity index (χ3v) is 4.59. The van der Waals surface area contributed by atoms with Crippen LogP contribution in [0.4, 0.5) is 0 Å². The summed E-state index contributed by atoms with van der Waals surface area (Å²) >= 11 is 0. The number of carboxylic acids is 1. The third-order valence-electron chi connectivity index (χ3n) is 2.20. The van der Waals surface area contributed by atoms with E-state index in [-0.39, 0.29) is 0 Å². The first kappa shape index (κ1) is 15.9. The van der Waals surface area contributed by atoms with Crippen molar-refractivity contribution < 1.29 is 23.1 Å². The van der Waals surface area contributed by atoms with Gasteiger partial charge in [0.2, 0.25) is 5.91 Å². The van der Waals surface area contributed by atoms with Gasteiger partial charge in [0.05, 0.1) is 0 Å². The van der Waals surface area contributed by atoms with Crippen LogP contribution in [0, 0.1) is 0 Å². The van der Waals surface area contributed by atoms with E-state index in [1.165, 1.54) is 6.92 Å². The fourth-order valence-electron chi connectivity index (χ4n) is 1.07. The van der Waals surface area contributed by atoms with Crippen molar-refractivity contribution in [1.82, 2.24) is 5.32 Å². The number of rotatable bonds is 4. The summed E-state index contributed by atoms with van der Waals surface area (Å²) in [6, 6.07) is 0. The first-order valence-electron chi connectivity index (χ1n) is 5.17. The molecule has 0 fully saturated rings. The Morgan fingerprint density at radius 3 is 1.82 bits per heavy atom. The van der Waals surface area contributed by atoms with E-state index in [0.717, 1.165) is 6.92 Å². The van der Waals surface area contributed by atoms with Crippen LogP contribution in [0.2, 0.25) is 0 Å². The highest BCUT2D eigenvalue weighted by Crippen LogP contribution is 2.11. The molecule has 0 aliphatic rings. The molecule has 0 aromatic rings. The highest BCUT2D eigenvalue weighted by molar-refractivity contribution is 7.94. The van der Waals surface area contributed by atoms with Crippen LogP contribution in [0.25, 0.3) is 0 Å². The van der Waals surface area contributed by atoms with Crippen molar-refractivity contribution in [2.75, 3.05) is 0 Å². The largest absolute Gasteiger partial charge is 0.480 e. The van der Waals surface area contributed by atoms with Crippen LogP contribution in [0.1, 0.15) is 34.6 Å². The molecular weight excluding hydrogens is 246 g/mol. The van der Waals surface area contributed by atoms with Gasteiger partial charge in [-0.3, -0.25) is 9.59 Å². The van der Waals surface area contributed by atoms with Gasteiger partial charge in [-0.05, 0) is 34.6 Å². The number of carboxylic acid groups (broad SMARTS) is 1. The third kappa shape index (κ3) is 4.33. The Kier molecular flexibility index (Phi) is 4.70. The maximum atomic E-state index is 11.8. The van der Waals surface area contributed by atoms with Gasteiger partial charge >= 0.3 is 5.97 Å². The highest BCUT2D eigenvalue weighted by Gasteiger charge is 2.37. The predicted octanol–water partition coefficient (Wildman–Crippen LogP) is 0.178. The van der Waals surface area contributed by atoms with Crippen LogP contribution >= 0.6 is 0 Å². The molecule has 0 heterocycles. The predicted molar refractivity (Wildman–Crippen MR) is 63.4 cm³/mol. The molecule has 0 aliphatic carbocycles. The Hall–Kier alpha value is -1.11. The lowest BCUT2D eigenvalue weighted by atomic mass is 10.1. The molecule has 17 heavy (non-hydrogen) atoms. The van der Waals surface area contributed by atoms with Gasteiger partial charge in [-0.1, -0.05) is 0 Å². The van der Waals surface area contributed by atoms with E-state index < -0.39 is 37.8 Å². The van der Waals surface area contributed by atoms with Crippen LogP contribution in [0.5, 0.6) is 0 Å². The van der Waals surface area contributed by atoms with E-state index in [0.29, 0.717) is 0 Å². The van der Waals surface area contributed by atoms with Crippen LogP contribution in [0.15, 0.2) is 0 Å². The second-order valence-corrected chi connectivity index (χ2v) is 7.54. The summed E-state index contributed by atoms with van der Waals surface area (Å²) in [5, 5.41) is 8.20. The number of amides is 1. The topological polar surface area (TPSA) is 101 Å². The number of hydrogen-bond acceptors (Lipinski definition) is 4. The minimum absolute atomic E-state index is 0.562. The quantitative estimate of drug-likeness (QED) is 0.755. The fraction of sp³-hybridized carbons (Fsp3) is 0.800. The Balaban J connectivity index is 5.00. The van der Waals surface area contributed by atoms with Crippen molar-refractivity contribution in [2.24, 2.45) is 0 Å². The van der Waals surface area contributed by atoms with E-state index in [1.54, 1.807) is 20.8 Å². The van der Waals surface area contributed by atoms with Gasteiger partial charge in [-0.2, -0.15) is 0 Å². The zero-order chi connectivity index (χ0) is 14.0. The second kappa shape index (κ2) is 5.03. The first-order chi connectivity index (χ1) is 7.39. The van der Waals surface area contributed by atoms with Crippen molar-refractivity contribution in [3.8, 4) is 0 Å². The molecular formula is C10H19NO5S. The van der Waals surface area contributed by atoms with E-state index in [4.69, 9.17) is 5.11 Å². The molecule has 0 aromatic carbocycles. The van der Waals surface area contributed by atoms with E-state index in [1.807, 2.05) is 0 Å². The van der Waals surface area contributed by atoms with Gasteiger partial charge in [-0.15, -0.1) is 0 Å². The number of carbonyl (C=O) groups is 2. The van der Waals surface area contributed by atoms with Crippen LogP contribution in [-0.2, 0) is 19.4 Å². The van der Waals surface area contributed by atoms with Crippen molar-refractivity contribution in [1.29, 1.82) is 0 Å². The van der Waals surface area contributed by atoms with Gasteiger partial charge in [0.25, 0.3) is 0 Å². The molecule has 0 aliphatic heterocycles. The van der Waals surface area contributed by atoms with E-state index in [2.05, 4.69) is 5.32 Å². The first-order valence-corrected chi connectivity index (χ1v) is 6.78. The Bertz CT molecular complexity index is 407. The smallest absolute Gasteiger partial charge is 0.321 e. The summed E-state index contributed by atoms with van der Waals surface area (Å²) in [4.78, 5) is 22.3. The lowest BCUT2D eigenvalue weighted by Crippen LogP contribution is -2.49. The maximum Gasteiger partial charge on any atom is 0.321 e. The van der Waals surface area contributed by atoms with Gasteiger partial charge in [-0.25, -0.2) is 8.42 Å². The molecule has 2 atom stereocenters. The van der Waals surface area contributed by atoms with Crippen molar-refractivity contribution >= 4 is 21.7 Å². The maximum absolute atomic E-state index is 11.8. The molecule has 1 amide bonds. The minimum atomic E-state index is -4.02. The van der Waals surface area contributed by atoms with Gasteiger partial charge in [0, 0.05) is 5.54 Å². The summed E-state index contributed by atoms with van der Waals surface area (Å²) in [5.74, 6) is -2.15. The average Bonchev–Trinajstić information content (AvgIpc) is 2.12. The molecule has 0 saturated carbocycles. The standard InChI is InChI=1S/C10H19NO5S/c1-6(8(12)11-10(3,4)5)17(15,16)7(2)9(13)14/h6-7H,1-5H3,(H,11,12)(H,13,14). The van der Waals surface area contributed by atoms with Crippen molar-refractivity contribution in [2.45, 2.75) is 50.7 Å². The van der Waals surface area contributed by atoms with E-state index >= 15 is 0 Å². The zero-order valence-corrected chi connectivity index (χ0v) is 11.5. The summed E-state index contributed by atoms with van der Waals surface area (Å²) in [7, 11) is -4.02. The average molecular weight is 265 g/mol. The molecule has 0 saturated heterocycles. The normalized spacial score (nSPS) is 16.1. The monoisotopic (exact) mass is 265 g/mol. The summed E-state index contributed by atoms with van der Waals surface area (Å²) in [6.45, 7) is 7.38. The molecule has 2 N–H and O–H groups in total. The number of aliphatic carboxylic acids is 1. The molecule has 0 radical (unpaired) electrons.